The number of aromatic nitrogens is 4. The van der Waals surface area contributed by atoms with Crippen LogP contribution in [0.1, 0.15) is 16.2 Å². The highest BCUT2D eigenvalue weighted by molar-refractivity contribution is 7.15. The quantitative estimate of drug-likeness (QED) is 0.363. The molecule has 0 atom stereocenters. The maximum absolute atomic E-state index is 12.1. The highest BCUT2D eigenvalue weighted by atomic mass is 32.1. The van der Waals surface area contributed by atoms with Crippen LogP contribution in [0.5, 0.6) is 0 Å². The van der Waals surface area contributed by atoms with Gasteiger partial charge in [0.05, 0.1) is 17.6 Å². The second-order valence-electron chi connectivity index (χ2n) is 5.47. The minimum atomic E-state index is -0.765. The van der Waals surface area contributed by atoms with Crippen molar-refractivity contribution in [1.29, 1.82) is 0 Å². The number of thiazole rings is 1. The van der Waals surface area contributed by atoms with Crippen molar-refractivity contribution in [1.82, 2.24) is 24.8 Å². The molecule has 0 unspecified atom stereocenters. The number of hydrazone groups is 1. The molecule has 0 fully saturated rings. The lowest BCUT2D eigenvalue weighted by atomic mass is 10.1. The number of carbonyl (C=O) groups is 1. The van der Waals surface area contributed by atoms with Gasteiger partial charge in [-0.1, -0.05) is 30.3 Å². The van der Waals surface area contributed by atoms with Crippen LogP contribution < -0.4 is 16.7 Å². The Hall–Kier alpha value is -3.79. The Morgan fingerprint density at radius 1 is 1.22 bits per heavy atom. The molecular formula is C17H12N6O3S. The molecule has 9 nitrogen and oxygen atoms in total. The molecule has 0 saturated heterocycles. The number of H-pyrrole nitrogens is 2. The Labute approximate surface area is 155 Å². The number of rotatable bonds is 4. The number of carbonyl (C=O) groups excluding carboxylic acids is 1. The number of hydrogen-bond acceptors (Lipinski definition) is 6. The van der Waals surface area contributed by atoms with Crippen LogP contribution in [0.4, 0.5) is 0 Å². The normalized spacial score (nSPS) is 11.3. The van der Waals surface area contributed by atoms with E-state index < -0.39 is 17.2 Å². The van der Waals surface area contributed by atoms with E-state index in [0.29, 0.717) is 5.69 Å². The lowest BCUT2D eigenvalue weighted by Gasteiger charge is -2.01. The van der Waals surface area contributed by atoms with Crippen molar-refractivity contribution in [3.63, 3.8) is 0 Å². The van der Waals surface area contributed by atoms with Crippen molar-refractivity contribution in [2.45, 2.75) is 0 Å². The summed E-state index contributed by atoms with van der Waals surface area (Å²) >= 11 is 1.48. The summed E-state index contributed by atoms with van der Waals surface area (Å²) in [6.07, 6.45) is 3.33. The van der Waals surface area contributed by atoms with E-state index in [4.69, 9.17) is 0 Å². The first-order valence-corrected chi connectivity index (χ1v) is 8.68. The SMILES string of the molecule is O=C(N/N=C\c1c(-c2ccccc2)nc2sccn12)c1cc(=O)[nH]c(=O)[nH]1. The minimum absolute atomic E-state index is 0.182. The Morgan fingerprint density at radius 2 is 2.04 bits per heavy atom. The summed E-state index contributed by atoms with van der Waals surface area (Å²) < 4.78 is 1.86. The molecule has 1 amide bonds. The van der Waals surface area contributed by atoms with Crippen LogP contribution in [-0.4, -0.2) is 31.5 Å². The van der Waals surface area contributed by atoms with Gasteiger partial charge >= 0.3 is 5.69 Å². The molecule has 0 bridgehead atoms. The predicted octanol–water partition coefficient (Wildman–Crippen LogP) is 1.20. The van der Waals surface area contributed by atoms with E-state index in [0.717, 1.165) is 22.3 Å². The third-order valence-corrected chi connectivity index (χ3v) is 4.46. The van der Waals surface area contributed by atoms with Crippen LogP contribution in [0, 0.1) is 0 Å². The number of nitrogens with zero attached hydrogens (tertiary/aromatic N) is 3. The van der Waals surface area contributed by atoms with Crippen molar-refractivity contribution in [3.8, 4) is 11.3 Å². The van der Waals surface area contributed by atoms with Crippen molar-refractivity contribution in [2.75, 3.05) is 0 Å². The molecule has 3 heterocycles. The van der Waals surface area contributed by atoms with Crippen LogP contribution >= 0.6 is 11.3 Å². The fraction of sp³-hybridized carbons (Fsp3) is 0. The molecule has 0 spiro atoms. The van der Waals surface area contributed by atoms with E-state index in [-0.39, 0.29) is 5.69 Å². The van der Waals surface area contributed by atoms with Crippen LogP contribution in [-0.2, 0) is 0 Å². The van der Waals surface area contributed by atoms with Crippen LogP contribution in [0.2, 0.25) is 0 Å². The van der Waals surface area contributed by atoms with Gasteiger partial charge in [0.15, 0.2) is 4.96 Å². The second-order valence-corrected chi connectivity index (χ2v) is 6.34. The molecule has 4 rings (SSSR count). The topological polar surface area (TPSA) is 124 Å². The number of imidazole rings is 1. The van der Waals surface area contributed by atoms with E-state index in [1.165, 1.54) is 17.6 Å². The van der Waals surface area contributed by atoms with Gasteiger partial charge in [-0.3, -0.25) is 19.0 Å². The zero-order chi connectivity index (χ0) is 18.8. The Balaban J connectivity index is 1.65. The number of nitrogens with one attached hydrogen (secondary N) is 3. The molecule has 4 aromatic rings. The molecule has 27 heavy (non-hydrogen) atoms. The average molecular weight is 380 g/mol. The van der Waals surface area contributed by atoms with Gasteiger partial charge in [0.25, 0.3) is 11.5 Å². The lowest BCUT2D eigenvalue weighted by Crippen LogP contribution is -2.28. The molecule has 1 aromatic carbocycles. The molecular weight excluding hydrogens is 368 g/mol. The summed E-state index contributed by atoms with van der Waals surface area (Å²) in [5.74, 6) is -0.707. The summed E-state index contributed by atoms with van der Waals surface area (Å²) in [5.41, 5.74) is 3.01. The van der Waals surface area contributed by atoms with Gasteiger partial charge in [-0.25, -0.2) is 15.2 Å². The molecule has 0 aliphatic rings. The fourth-order valence-electron chi connectivity index (χ4n) is 2.54. The van der Waals surface area contributed by atoms with E-state index in [1.807, 2.05) is 51.3 Å². The zero-order valence-electron chi connectivity index (χ0n) is 13.7. The Morgan fingerprint density at radius 3 is 2.81 bits per heavy atom. The summed E-state index contributed by atoms with van der Waals surface area (Å²) in [6, 6.07) is 10.6. The molecule has 3 N–H and O–H groups in total. The van der Waals surface area contributed by atoms with Crippen molar-refractivity contribution < 1.29 is 4.79 Å². The Kier molecular flexibility index (Phi) is 4.22. The lowest BCUT2D eigenvalue weighted by molar-refractivity contribution is 0.0949. The van der Waals surface area contributed by atoms with E-state index in [2.05, 4.69) is 20.5 Å². The monoisotopic (exact) mass is 380 g/mol. The first-order valence-electron chi connectivity index (χ1n) is 7.80. The van der Waals surface area contributed by atoms with Gasteiger partial charge in [-0.2, -0.15) is 5.10 Å². The number of aromatic amines is 2. The van der Waals surface area contributed by atoms with Crippen LogP contribution in [0.3, 0.4) is 0 Å². The maximum Gasteiger partial charge on any atom is 0.326 e. The van der Waals surface area contributed by atoms with Gasteiger partial charge in [0.1, 0.15) is 5.69 Å². The predicted molar refractivity (Wildman–Crippen MR) is 101 cm³/mol. The third kappa shape index (κ3) is 3.33. The summed E-state index contributed by atoms with van der Waals surface area (Å²) in [7, 11) is 0. The maximum atomic E-state index is 12.1. The largest absolute Gasteiger partial charge is 0.326 e. The first kappa shape index (κ1) is 16.7. The number of benzene rings is 1. The van der Waals surface area contributed by atoms with Crippen LogP contribution in [0.25, 0.3) is 16.2 Å². The molecule has 3 aromatic heterocycles. The molecule has 0 saturated carbocycles. The standard InChI is InChI=1S/C17H12N6O3S/c24-13-8-11(19-16(26)20-13)15(25)22-18-9-12-14(10-4-2-1-3-5-10)21-17-23(12)6-7-27-17/h1-9H,(H,22,25)(H2,19,20,24,26)/b18-9-. The van der Waals surface area contributed by atoms with E-state index in [1.54, 1.807) is 0 Å². The molecule has 0 aliphatic carbocycles. The zero-order valence-corrected chi connectivity index (χ0v) is 14.5. The van der Waals surface area contributed by atoms with Gasteiger partial charge < -0.3 is 4.98 Å². The third-order valence-electron chi connectivity index (χ3n) is 3.70. The Bertz CT molecular complexity index is 1240. The minimum Gasteiger partial charge on any atom is -0.303 e. The molecule has 134 valence electrons. The van der Waals surface area contributed by atoms with Crippen LogP contribution in [0.15, 0.2) is 62.7 Å². The van der Waals surface area contributed by atoms with Crippen molar-refractivity contribution in [3.05, 3.63) is 80.2 Å². The van der Waals surface area contributed by atoms with E-state index >= 15 is 0 Å². The molecule has 0 aliphatic heterocycles. The highest BCUT2D eigenvalue weighted by Crippen LogP contribution is 2.25. The number of hydrogen-bond donors (Lipinski definition) is 3. The number of amides is 1. The summed E-state index contributed by atoms with van der Waals surface area (Å²) in [5, 5.41) is 5.85. The van der Waals surface area contributed by atoms with Gasteiger partial charge in [0.2, 0.25) is 0 Å². The van der Waals surface area contributed by atoms with Gasteiger partial charge in [0, 0.05) is 23.2 Å². The van der Waals surface area contributed by atoms with E-state index in [9.17, 15) is 14.4 Å². The summed E-state index contributed by atoms with van der Waals surface area (Å²) in [6.45, 7) is 0. The fourth-order valence-corrected chi connectivity index (χ4v) is 3.26. The number of fused-ring (bicyclic) bond motifs is 1. The summed E-state index contributed by atoms with van der Waals surface area (Å²) in [4.78, 5) is 44.3. The first-order chi connectivity index (χ1) is 13.1. The second kappa shape index (κ2) is 6.84. The van der Waals surface area contributed by atoms with Crippen molar-refractivity contribution >= 4 is 28.4 Å². The smallest absolute Gasteiger partial charge is 0.303 e. The highest BCUT2D eigenvalue weighted by Gasteiger charge is 2.13. The molecule has 0 radical (unpaired) electrons. The average Bonchev–Trinajstić information content (AvgIpc) is 3.24. The van der Waals surface area contributed by atoms with Gasteiger partial charge in [-0.05, 0) is 0 Å². The van der Waals surface area contributed by atoms with Crippen molar-refractivity contribution in [2.24, 2.45) is 5.10 Å². The molecule has 10 heteroatoms. The van der Waals surface area contributed by atoms with Gasteiger partial charge in [-0.15, -0.1) is 11.3 Å².